The Labute approximate surface area is 106 Å². The highest BCUT2D eigenvalue weighted by molar-refractivity contribution is 6.31. The van der Waals surface area contributed by atoms with Crippen LogP contribution in [0.1, 0.15) is 24.0 Å². The Morgan fingerprint density at radius 1 is 1.35 bits per heavy atom. The van der Waals surface area contributed by atoms with Crippen LogP contribution in [0.5, 0.6) is 0 Å². The molecule has 1 heterocycles. The van der Waals surface area contributed by atoms with Crippen molar-refractivity contribution in [3.63, 3.8) is 0 Å². The Hall–Kier alpha value is -1.37. The van der Waals surface area contributed by atoms with E-state index < -0.39 is 0 Å². The summed E-state index contributed by atoms with van der Waals surface area (Å²) < 4.78 is 0. The molecule has 4 heteroatoms. The minimum Gasteiger partial charge on any atom is -0.300 e. The van der Waals surface area contributed by atoms with Gasteiger partial charge in [0.15, 0.2) is 0 Å². The van der Waals surface area contributed by atoms with Gasteiger partial charge in [0.05, 0.1) is 11.6 Å². The summed E-state index contributed by atoms with van der Waals surface area (Å²) >= 11 is 6.11. The standard InChI is InChI=1S/C13H13ClN2O/c14-13-7-10(8-15)1-2-11(13)9-16-5-3-12(17)4-6-16/h1-2,7H,3-6,9H2. The molecule has 17 heavy (non-hydrogen) atoms. The number of carbonyl (C=O) groups excluding carboxylic acids is 1. The summed E-state index contributed by atoms with van der Waals surface area (Å²) in [6.07, 6.45) is 1.27. The first-order valence-electron chi connectivity index (χ1n) is 5.61. The van der Waals surface area contributed by atoms with Gasteiger partial charge in [-0.25, -0.2) is 0 Å². The Kier molecular flexibility index (Phi) is 3.78. The van der Waals surface area contributed by atoms with Crippen molar-refractivity contribution in [2.75, 3.05) is 13.1 Å². The predicted molar refractivity (Wildman–Crippen MR) is 65.7 cm³/mol. The molecule has 0 radical (unpaired) electrons. The quantitative estimate of drug-likeness (QED) is 0.807. The zero-order valence-corrected chi connectivity index (χ0v) is 10.2. The molecule has 3 nitrogen and oxygen atoms in total. The van der Waals surface area contributed by atoms with Gasteiger partial charge in [0, 0.05) is 37.5 Å². The number of carbonyl (C=O) groups is 1. The molecule has 0 N–H and O–H groups in total. The average molecular weight is 249 g/mol. The molecule has 2 rings (SSSR count). The van der Waals surface area contributed by atoms with Crippen molar-refractivity contribution in [2.24, 2.45) is 0 Å². The van der Waals surface area contributed by atoms with Crippen LogP contribution in [0.2, 0.25) is 5.02 Å². The molecule has 88 valence electrons. The SMILES string of the molecule is N#Cc1ccc(CN2CCC(=O)CC2)c(Cl)c1. The van der Waals surface area contributed by atoms with Gasteiger partial charge in [-0.2, -0.15) is 5.26 Å². The van der Waals surface area contributed by atoms with E-state index in [1.54, 1.807) is 12.1 Å². The number of benzene rings is 1. The third kappa shape index (κ3) is 3.06. The fourth-order valence-electron chi connectivity index (χ4n) is 1.95. The number of piperidine rings is 1. The summed E-state index contributed by atoms with van der Waals surface area (Å²) in [4.78, 5) is 13.3. The van der Waals surface area contributed by atoms with Crippen molar-refractivity contribution in [2.45, 2.75) is 19.4 Å². The van der Waals surface area contributed by atoms with Crippen molar-refractivity contribution in [3.05, 3.63) is 34.3 Å². The fraction of sp³-hybridized carbons (Fsp3) is 0.385. The lowest BCUT2D eigenvalue weighted by Gasteiger charge is -2.26. The van der Waals surface area contributed by atoms with Crippen LogP contribution in [0.4, 0.5) is 0 Å². The van der Waals surface area contributed by atoms with E-state index in [9.17, 15) is 4.79 Å². The van der Waals surface area contributed by atoms with Crippen LogP contribution in [0, 0.1) is 11.3 Å². The number of nitriles is 1. The molecule has 0 saturated carbocycles. The molecule has 0 bridgehead atoms. The topological polar surface area (TPSA) is 44.1 Å². The van der Waals surface area contributed by atoms with E-state index in [2.05, 4.69) is 11.0 Å². The molecule has 0 aliphatic carbocycles. The van der Waals surface area contributed by atoms with Crippen LogP contribution < -0.4 is 0 Å². The van der Waals surface area contributed by atoms with Gasteiger partial charge >= 0.3 is 0 Å². The molecule has 0 spiro atoms. The van der Waals surface area contributed by atoms with Crippen LogP contribution in [-0.4, -0.2) is 23.8 Å². The number of Topliss-reactive ketones (excluding diaryl/α,β-unsaturated/α-hetero) is 1. The first-order chi connectivity index (χ1) is 8.19. The molecule has 1 aliphatic rings. The number of nitrogens with zero attached hydrogens (tertiary/aromatic N) is 2. The third-order valence-electron chi connectivity index (χ3n) is 2.99. The first-order valence-corrected chi connectivity index (χ1v) is 5.99. The molecule has 0 amide bonds. The number of rotatable bonds is 2. The van der Waals surface area contributed by atoms with Crippen LogP contribution in [-0.2, 0) is 11.3 Å². The maximum atomic E-state index is 11.1. The van der Waals surface area contributed by atoms with Crippen LogP contribution >= 0.6 is 11.6 Å². The summed E-state index contributed by atoms with van der Waals surface area (Å²) in [5, 5.41) is 9.37. The monoisotopic (exact) mass is 248 g/mol. The van der Waals surface area contributed by atoms with Gasteiger partial charge in [0.25, 0.3) is 0 Å². The van der Waals surface area contributed by atoms with Crippen LogP contribution in [0.15, 0.2) is 18.2 Å². The van der Waals surface area contributed by atoms with Gasteiger partial charge in [-0.1, -0.05) is 17.7 Å². The Morgan fingerprint density at radius 2 is 2.06 bits per heavy atom. The maximum Gasteiger partial charge on any atom is 0.135 e. The van der Waals surface area contributed by atoms with Crippen molar-refractivity contribution < 1.29 is 4.79 Å². The van der Waals surface area contributed by atoms with Crippen molar-refractivity contribution in [3.8, 4) is 6.07 Å². The summed E-state index contributed by atoms with van der Waals surface area (Å²) in [7, 11) is 0. The lowest BCUT2D eigenvalue weighted by molar-refractivity contribution is -0.121. The van der Waals surface area contributed by atoms with Crippen molar-refractivity contribution in [1.82, 2.24) is 4.90 Å². The van der Waals surface area contributed by atoms with Crippen LogP contribution in [0.25, 0.3) is 0 Å². The lowest BCUT2D eigenvalue weighted by Crippen LogP contribution is -2.33. The van der Waals surface area contributed by atoms with Gasteiger partial charge < -0.3 is 0 Å². The highest BCUT2D eigenvalue weighted by Gasteiger charge is 2.16. The van der Waals surface area contributed by atoms with Gasteiger partial charge in [-0.05, 0) is 17.7 Å². The first kappa shape index (κ1) is 12.1. The molecular weight excluding hydrogens is 236 g/mol. The number of likely N-dealkylation sites (tertiary alicyclic amines) is 1. The van der Waals surface area contributed by atoms with Crippen molar-refractivity contribution in [1.29, 1.82) is 5.26 Å². The molecule has 1 saturated heterocycles. The largest absolute Gasteiger partial charge is 0.300 e. The Balaban J connectivity index is 2.04. The summed E-state index contributed by atoms with van der Waals surface area (Å²) in [6, 6.07) is 7.41. The normalized spacial score (nSPS) is 16.8. The molecule has 1 aliphatic heterocycles. The minimum absolute atomic E-state index is 0.340. The van der Waals surface area contributed by atoms with E-state index in [-0.39, 0.29) is 0 Å². The second-order valence-corrected chi connectivity index (χ2v) is 4.64. The van der Waals surface area contributed by atoms with E-state index in [0.29, 0.717) is 29.2 Å². The van der Waals surface area contributed by atoms with E-state index in [1.165, 1.54) is 0 Å². The van der Waals surface area contributed by atoms with Gasteiger partial charge in [0.1, 0.15) is 5.78 Å². The van der Waals surface area contributed by atoms with E-state index in [4.69, 9.17) is 16.9 Å². The highest BCUT2D eigenvalue weighted by Crippen LogP contribution is 2.20. The lowest BCUT2D eigenvalue weighted by atomic mass is 10.1. The summed E-state index contributed by atoms with van der Waals surface area (Å²) in [5.74, 6) is 0.340. The van der Waals surface area contributed by atoms with Crippen molar-refractivity contribution >= 4 is 17.4 Å². The second-order valence-electron chi connectivity index (χ2n) is 4.23. The minimum atomic E-state index is 0.340. The zero-order valence-electron chi connectivity index (χ0n) is 9.45. The number of ketones is 1. The number of hydrogen-bond donors (Lipinski definition) is 0. The summed E-state index contributed by atoms with van der Waals surface area (Å²) in [5.41, 5.74) is 1.59. The van der Waals surface area contributed by atoms with Gasteiger partial charge in [0.2, 0.25) is 0 Å². The third-order valence-corrected chi connectivity index (χ3v) is 3.34. The molecule has 1 aromatic rings. The highest BCUT2D eigenvalue weighted by atomic mass is 35.5. The average Bonchev–Trinajstić information content (AvgIpc) is 2.34. The summed E-state index contributed by atoms with van der Waals surface area (Å²) in [6.45, 7) is 2.35. The van der Waals surface area contributed by atoms with Crippen LogP contribution in [0.3, 0.4) is 0 Å². The molecular formula is C13H13ClN2O. The number of halogens is 1. The molecule has 1 fully saturated rings. The maximum absolute atomic E-state index is 11.1. The van der Waals surface area contributed by atoms with Gasteiger partial charge in [-0.15, -0.1) is 0 Å². The van der Waals surface area contributed by atoms with E-state index in [0.717, 1.165) is 25.2 Å². The Morgan fingerprint density at radius 3 is 2.65 bits per heavy atom. The molecule has 0 aromatic heterocycles. The van der Waals surface area contributed by atoms with Gasteiger partial charge in [-0.3, -0.25) is 9.69 Å². The zero-order chi connectivity index (χ0) is 12.3. The molecule has 0 unspecified atom stereocenters. The Bertz CT molecular complexity index is 469. The van der Waals surface area contributed by atoms with E-state index >= 15 is 0 Å². The molecule has 0 atom stereocenters. The fourth-order valence-corrected chi connectivity index (χ4v) is 2.19. The second kappa shape index (κ2) is 5.31. The molecule has 1 aromatic carbocycles. The smallest absolute Gasteiger partial charge is 0.135 e. The number of hydrogen-bond acceptors (Lipinski definition) is 3. The predicted octanol–water partition coefficient (Wildman–Crippen LogP) is 2.38. The van der Waals surface area contributed by atoms with E-state index in [1.807, 2.05) is 6.07 Å².